The first kappa shape index (κ1) is 15.5. The Kier molecular flexibility index (Phi) is 4.32. The van der Waals surface area contributed by atoms with Crippen LogP contribution in [0.1, 0.15) is 38.5 Å². The molecule has 1 unspecified atom stereocenters. The monoisotopic (exact) mass is 315 g/mol. The van der Waals surface area contributed by atoms with Crippen LogP contribution in [0, 0.1) is 6.92 Å². The van der Waals surface area contributed by atoms with E-state index in [1.54, 1.807) is 24.0 Å². The van der Waals surface area contributed by atoms with Gasteiger partial charge in [-0.25, -0.2) is 4.98 Å². The fourth-order valence-electron chi connectivity index (χ4n) is 3.04. The third-order valence-corrected chi connectivity index (χ3v) is 4.10. The molecule has 1 aromatic carbocycles. The summed E-state index contributed by atoms with van der Waals surface area (Å²) in [5.41, 5.74) is 2.07. The number of nitrogens with one attached hydrogen (secondary N) is 1. The molecular formula is C17H21N3O3. The third kappa shape index (κ3) is 3.21. The zero-order valence-electron chi connectivity index (χ0n) is 13.5. The molecule has 23 heavy (non-hydrogen) atoms. The molecular weight excluding hydrogens is 294 g/mol. The summed E-state index contributed by atoms with van der Waals surface area (Å²) in [6.45, 7) is 4.42. The Morgan fingerprint density at radius 3 is 3.04 bits per heavy atom. The van der Waals surface area contributed by atoms with Crippen molar-refractivity contribution < 1.29 is 14.0 Å². The van der Waals surface area contributed by atoms with E-state index in [1.165, 1.54) is 0 Å². The molecule has 1 aliphatic heterocycles. The Bertz CT molecular complexity index is 738. The van der Waals surface area contributed by atoms with Crippen molar-refractivity contribution in [2.24, 2.45) is 0 Å². The molecule has 6 heteroatoms. The van der Waals surface area contributed by atoms with Crippen LogP contribution in [0.3, 0.4) is 0 Å². The predicted octanol–water partition coefficient (Wildman–Crippen LogP) is 2.87. The van der Waals surface area contributed by atoms with Gasteiger partial charge in [0, 0.05) is 31.6 Å². The number of carbonyl (C=O) groups is 2. The largest absolute Gasteiger partial charge is 0.441 e. The quantitative estimate of drug-likeness (QED) is 0.941. The second-order valence-corrected chi connectivity index (χ2v) is 5.90. The molecule has 0 bridgehead atoms. The van der Waals surface area contributed by atoms with E-state index in [2.05, 4.69) is 10.3 Å². The minimum absolute atomic E-state index is 0.0615. The number of hydrogen-bond donors (Lipinski definition) is 1. The molecule has 3 rings (SSSR count). The summed E-state index contributed by atoms with van der Waals surface area (Å²) >= 11 is 0. The molecule has 1 N–H and O–H groups in total. The summed E-state index contributed by atoms with van der Waals surface area (Å²) in [5.74, 6) is 0.518. The number of anilines is 1. The zero-order valence-corrected chi connectivity index (χ0v) is 13.5. The summed E-state index contributed by atoms with van der Waals surface area (Å²) < 4.78 is 5.48. The fraction of sp³-hybridized carbons (Fsp3) is 0.471. The summed E-state index contributed by atoms with van der Waals surface area (Å²) in [7, 11) is 0. The number of likely N-dealkylation sites (tertiary alicyclic amines) is 1. The molecule has 1 fully saturated rings. The van der Waals surface area contributed by atoms with Crippen LogP contribution in [-0.2, 0) is 9.59 Å². The van der Waals surface area contributed by atoms with Crippen LogP contribution >= 0.6 is 0 Å². The maximum Gasteiger partial charge on any atom is 0.247 e. The first-order valence-electron chi connectivity index (χ1n) is 8.06. The highest BCUT2D eigenvalue weighted by molar-refractivity contribution is 5.98. The van der Waals surface area contributed by atoms with Crippen molar-refractivity contribution in [3.63, 3.8) is 0 Å². The maximum absolute atomic E-state index is 12.5. The van der Waals surface area contributed by atoms with E-state index < -0.39 is 0 Å². The first-order chi connectivity index (χ1) is 11.1. The number of aromatic nitrogens is 1. The Morgan fingerprint density at radius 1 is 1.43 bits per heavy atom. The van der Waals surface area contributed by atoms with Gasteiger partial charge in [0.05, 0.1) is 0 Å². The van der Waals surface area contributed by atoms with E-state index in [0.29, 0.717) is 36.5 Å². The molecule has 2 amide bonds. The van der Waals surface area contributed by atoms with Crippen molar-refractivity contribution in [3.05, 3.63) is 24.1 Å². The smallest absolute Gasteiger partial charge is 0.247 e. The molecule has 2 heterocycles. The van der Waals surface area contributed by atoms with Crippen LogP contribution in [0.5, 0.6) is 0 Å². The molecule has 0 spiro atoms. The minimum Gasteiger partial charge on any atom is -0.441 e. The van der Waals surface area contributed by atoms with Gasteiger partial charge in [0.25, 0.3) is 0 Å². The Balaban J connectivity index is 1.72. The molecule has 2 aromatic rings. The molecule has 1 saturated heterocycles. The number of oxazole rings is 1. The number of aryl methyl sites for hydroxylation is 1. The van der Waals surface area contributed by atoms with Gasteiger partial charge in [-0.05, 0) is 31.4 Å². The number of amides is 2. The van der Waals surface area contributed by atoms with E-state index in [0.717, 1.165) is 18.4 Å². The van der Waals surface area contributed by atoms with Crippen LogP contribution in [0.25, 0.3) is 11.1 Å². The van der Waals surface area contributed by atoms with E-state index in [9.17, 15) is 9.59 Å². The van der Waals surface area contributed by atoms with Gasteiger partial charge >= 0.3 is 0 Å². The van der Waals surface area contributed by atoms with Crippen molar-refractivity contribution in [1.82, 2.24) is 9.88 Å². The maximum atomic E-state index is 12.5. The normalized spacial score (nSPS) is 17.7. The zero-order chi connectivity index (χ0) is 16.4. The van der Waals surface area contributed by atoms with E-state index in [4.69, 9.17) is 4.42 Å². The standard InChI is InChI=1S/C17H21N3O3/c1-3-5-16(21)20-9-4-6-14(20)17(22)19-12-7-8-13-15(10-12)23-11(2)18-13/h7-8,10,14H,3-6,9H2,1-2H3,(H,19,22). The topological polar surface area (TPSA) is 75.4 Å². The molecule has 1 aromatic heterocycles. The molecule has 1 aliphatic rings. The number of carbonyl (C=O) groups excluding carboxylic acids is 2. The number of benzene rings is 1. The molecule has 0 aliphatic carbocycles. The third-order valence-electron chi connectivity index (χ3n) is 4.10. The average Bonchev–Trinajstić information content (AvgIpc) is 3.12. The van der Waals surface area contributed by atoms with Gasteiger partial charge in [0.1, 0.15) is 11.6 Å². The second kappa shape index (κ2) is 6.40. The van der Waals surface area contributed by atoms with Gasteiger partial charge in [-0.15, -0.1) is 0 Å². The minimum atomic E-state index is -0.374. The van der Waals surface area contributed by atoms with Crippen LogP contribution in [0.4, 0.5) is 5.69 Å². The van der Waals surface area contributed by atoms with Crippen LogP contribution in [-0.4, -0.2) is 34.3 Å². The molecule has 0 radical (unpaired) electrons. The number of hydrogen-bond acceptors (Lipinski definition) is 4. The van der Waals surface area contributed by atoms with Crippen molar-refractivity contribution >= 4 is 28.6 Å². The van der Waals surface area contributed by atoms with Crippen LogP contribution in [0.15, 0.2) is 22.6 Å². The molecule has 122 valence electrons. The fourth-order valence-corrected chi connectivity index (χ4v) is 3.04. The molecule has 0 saturated carbocycles. The van der Waals surface area contributed by atoms with Crippen LogP contribution < -0.4 is 5.32 Å². The lowest BCUT2D eigenvalue weighted by atomic mass is 10.2. The Labute approximate surface area is 134 Å². The highest BCUT2D eigenvalue weighted by atomic mass is 16.3. The van der Waals surface area contributed by atoms with Gasteiger partial charge in [-0.1, -0.05) is 6.92 Å². The number of fused-ring (bicyclic) bond motifs is 1. The van der Waals surface area contributed by atoms with Crippen molar-refractivity contribution in [2.45, 2.75) is 45.6 Å². The lowest BCUT2D eigenvalue weighted by Crippen LogP contribution is -2.43. The van der Waals surface area contributed by atoms with Gasteiger partial charge in [0.15, 0.2) is 11.5 Å². The lowest BCUT2D eigenvalue weighted by Gasteiger charge is -2.23. The highest BCUT2D eigenvalue weighted by Crippen LogP contribution is 2.23. The van der Waals surface area contributed by atoms with Gasteiger partial charge < -0.3 is 14.6 Å². The number of nitrogens with zero attached hydrogens (tertiary/aromatic N) is 2. The predicted molar refractivity (Wildman–Crippen MR) is 87.0 cm³/mol. The van der Waals surface area contributed by atoms with Gasteiger partial charge in [-0.2, -0.15) is 0 Å². The lowest BCUT2D eigenvalue weighted by molar-refractivity contribution is -0.136. The first-order valence-corrected chi connectivity index (χ1v) is 8.06. The molecule has 1 atom stereocenters. The highest BCUT2D eigenvalue weighted by Gasteiger charge is 2.33. The Hall–Kier alpha value is -2.37. The van der Waals surface area contributed by atoms with E-state index in [1.807, 2.05) is 13.0 Å². The van der Waals surface area contributed by atoms with Gasteiger partial charge in [0.2, 0.25) is 11.8 Å². The summed E-state index contributed by atoms with van der Waals surface area (Å²) in [5, 5.41) is 2.89. The van der Waals surface area contributed by atoms with Crippen LogP contribution in [0.2, 0.25) is 0 Å². The Morgan fingerprint density at radius 2 is 2.26 bits per heavy atom. The van der Waals surface area contributed by atoms with Crippen molar-refractivity contribution in [1.29, 1.82) is 0 Å². The summed E-state index contributed by atoms with van der Waals surface area (Å²) in [4.78, 5) is 30.6. The molecule has 6 nitrogen and oxygen atoms in total. The van der Waals surface area contributed by atoms with E-state index in [-0.39, 0.29) is 17.9 Å². The van der Waals surface area contributed by atoms with Crippen molar-refractivity contribution in [2.75, 3.05) is 11.9 Å². The van der Waals surface area contributed by atoms with Crippen molar-refractivity contribution in [3.8, 4) is 0 Å². The summed E-state index contributed by atoms with van der Waals surface area (Å²) in [6.07, 6.45) is 2.87. The SMILES string of the molecule is CCCC(=O)N1CCCC1C(=O)Nc1ccc2nc(C)oc2c1. The summed E-state index contributed by atoms with van der Waals surface area (Å²) in [6, 6.07) is 5.01. The van der Waals surface area contributed by atoms with Gasteiger partial charge in [-0.3, -0.25) is 9.59 Å². The average molecular weight is 315 g/mol. The number of rotatable bonds is 4. The second-order valence-electron chi connectivity index (χ2n) is 5.90. The van der Waals surface area contributed by atoms with E-state index >= 15 is 0 Å².